The minimum absolute atomic E-state index is 0.381. The Labute approximate surface area is 143 Å². The quantitative estimate of drug-likeness (QED) is 0.680. The normalized spacial score (nSPS) is 11.5. The summed E-state index contributed by atoms with van der Waals surface area (Å²) in [6, 6.07) is 0. The average Bonchev–Trinajstić information content (AvgIpc) is 3.16. The standard InChI is InChI=1S/C16H22N6O3/c1-4-5-6-22-14-12(15(23)19-16(22)24)21(7-8-25-3)13(18-14)11-9-17-20(2)10-11/h9-10H,4-8H2,1-3H3,(H,19,23,24). The Kier molecular flexibility index (Phi) is 4.84. The lowest BCUT2D eigenvalue weighted by molar-refractivity contribution is 0.188. The maximum Gasteiger partial charge on any atom is 0.330 e. The molecule has 0 bridgehead atoms. The van der Waals surface area contributed by atoms with Crippen molar-refractivity contribution in [3.8, 4) is 11.4 Å². The van der Waals surface area contributed by atoms with Gasteiger partial charge < -0.3 is 9.30 Å². The first kappa shape index (κ1) is 17.2. The minimum Gasteiger partial charge on any atom is -0.383 e. The molecule has 0 spiro atoms. The van der Waals surface area contributed by atoms with Gasteiger partial charge in [-0.1, -0.05) is 13.3 Å². The molecule has 0 amide bonds. The van der Waals surface area contributed by atoms with Crippen LogP contribution in [0.3, 0.4) is 0 Å². The van der Waals surface area contributed by atoms with E-state index >= 15 is 0 Å². The molecule has 0 aliphatic heterocycles. The summed E-state index contributed by atoms with van der Waals surface area (Å²) in [5.41, 5.74) is 0.694. The van der Waals surface area contributed by atoms with Crippen molar-refractivity contribution in [2.45, 2.75) is 32.9 Å². The fourth-order valence-corrected chi connectivity index (χ4v) is 2.85. The number of nitrogens with one attached hydrogen (secondary N) is 1. The molecule has 3 aromatic rings. The van der Waals surface area contributed by atoms with Crippen LogP contribution in [0.1, 0.15) is 19.8 Å². The monoisotopic (exact) mass is 346 g/mol. The van der Waals surface area contributed by atoms with Crippen LogP contribution in [0.25, 0.3) is 22.6 Å². The summed E-state index contributed by atoms with van der Waals surface area (Å²) in [6.45, 7) is 3.43. The number of hydrogen-bond donors (Lipinski definition) is 1. The smallest absolute Gasteiger partial charge is 0.330 e. The zero-order valence-electron chi connectivity index (χ0n) is 14.7. The number of methoxy groups -OCH3 is 1. The summed E-state index contributed by atoms with van der Waals surface area (Å²) in [4.78, 5) is 31.7. The first-order valence-electron chi connectivity index (χ1n) is 8.28. The van der Waals surface area contributed by atoms with Gasteiger partial charge in [-0.2, -0.15) is 5.10 Å². The molecular formula is C16H22N6O3. The summed E-state index contributed by atoms with van der Waals surface area (Å²) >= 11 is 0. The van der Waals surface area contributed by atoms with Gasteiger partial charge in [-0.25, -0.2) is 9.78 Å². The predicted molar refractivity (Wildman–Crippen MR) is 93.6 cm³/mol. The number of imidazole rings is 1. The van der Waals surface area contributed by atoms with Crippen molar-refractivity contribution in [1.82, 2.24) is 28.9 Å². The van der Waals surface area contributed by atoms with Gasteiger partial charge in [-0.3, -0.25) is 19.0 Å². The number of rotatable bonds is 7. The second kappa shape index (κ2) is 7.06. The number of aromatic amines is 1. The molecule has 0 aliphatic rings. The Hall–Kier alpha value is -2.68. The van der Waals surface area contributed by atoms with Crippen molar-refractivity contribution < 1.29 is 4.74 Å². The first-order chi connectivity index (χ1) is 12.1. The molecular weight excluding hydrogens is 324 g/mol. The maximum atomic E-state index is 12.5. The SMILES string of the molecule is CCCCn1c(=O)[nH]c(=O)c2c1nc(-c1cnn(C)c1)n2CCOC. The average molecular weight is 346 g/mol. The lowest BCUT2D eigenvalue weighted by Gasteiger charge is -2.07. The number of hydrogen-bond acceptors (Lipinski definition) is 5. The number of nitrogens with zero attached hydrogens (tertiary/aromatic N) is 5. The van der Waals surface area contributed by atoms with Gasteiger partial charge in [0.2, 0.25) is 0 Å². The molecule has 0 radical (unpaired) electrons. The maximum absolute atomic E-state index is 12.5. The van der Waals surface area contributed by atoms with Crippen LogP contribution in [0, 0.1) is 0 Å². The first-order valence-corrected chi connectivity index (χ1v) is 8.28. The Morgan fingerprint density at radius 2 is 2.04 bits per heavy atom. The van der Waals surface area contributed by atoms with Gasteiger partial charge in [0.15, 0.2) is 11.2 Å². The minimum atomic E-state index is -0.438. The number of ether oxygens (including phenoxy) is 1. The summed E-state index contributed by atoms with van der Waals surface area (Å²) < 4.78 is 10.2. The van der Waals surface area contributed by atoms with Crippen molar-refractivity contribution in [2.24, 2.45) is 7.05 Å². The summed E-state index contributed by atoms with van der Waals surface area (Å²) in [6.07, 6.45) is 5.28. The zero-order valence-corrected chi connectivity index (χ0v) is 14.7. The third-order valence-corrected chi connectivity index (χ3v) is 4.10. The van der Waals surface area contributed by atoms with Crippen LogP contribution >= 0.6 is 0 Å². The Morgan fingerprint density at radius 1 is 1.24 bits per heavy atom. The summed E-state index contributed by atoms with van der Waals surface area (Å²) in [7, 11) is 3.42. The van der Waals surface area contributed by atoms with E-state index in [0.717, 1.165) is 18.4 Å². The molecule has 1 N–H and O–H groups in total. The van der Waals surface area contributed by atoms with E-state index in [9.17, 15) is 9.59 Å². The lowest BCUT2D eigenvalue weighted by atomic mass is 10.3. The van der Waals surface area contributed by atoms with Gasteiger partial charge in [0, 0.05) is 33.4 Å². The molecule has 0 aliphatic carbocycles. The fraction of sp³-hybridized carbons (Fsp3) is 0.500. The highest BCUT2D eigenvalue weighted by Gasteiger charge is 2.20. The second-order valence-electron chi connectivity index (χ2n) is 5.92. The number of unbranched alkanes of at least 4 members (excludes halogenated alkanes) is 1. The molecule has 3 rings (SSSR count). The van der Waals surface area contributed by atoms with Crippen molar-refractivity contribution in [2.75, 3.05) is 13.7 Å². The number of H-pyrrole nitrogens is 1. The Morgan fingerprint density at radius 3 is 2.68 bits per heavy atom. The van der Waals surface area contributed by atoms with Crippen molar-refractivity contribution >= 4 is 11.2 Å². The molecule has 0 atom stereocenters. The van der Waals surface area contributed by atoms with Gasteiger partial charge in [0.25, 0.3) is 5.56 Å². The topological polar surface area (TPSA) is 99.7 Å². The van der Waals surface area contributed by atoms with E-state index in [4.69, 9.17) is 4.74 Å². The van der Waals surface area contributed by atoms with Crippen LogP contribution in [-0.4, -0.2) is 42.6 Å². The Bertz CT molecular complexity index is 994. The molecule has 3 heterocycles. The van der Waals surface area contributed by atoms with E-state index in [1.165, 1.54) is 4.57 Å². The molecule has 9 nitrogen and oxygen atoms in total. The third-order valence-electron chi connectivity index (χ3n) is 4.10. The highest BCUT2D eigenvalue weighted by atomic mass is 16.5. The molecule has 3 aromatic heterocycles. The highest BCUT2D eigenvalue weighted by molar-refractivity contribution is 5.76. The molecule has 0 unspecified atom stereocenters. The van der Waals surface area contributed by atoms with E-state index in [-0.39, 0.29) is 0 Å². The van der Waals surface area contributed by atoms with Crippen LogP contribution in [-0.2, 0) is 24.9 Å². The van der Waals surface area contributed by atoms with E-state index in [1.807, 2.05) is 20.2 Å². The van der Waals surface area contributed by atoms with Crippen LogP contribution in [0.2, 0.25) is 0 Å². The Balaban J connectivity index is 2.29. The van der Waals surface area contributed by atoms with E-state index in [1.54, 1.807) is 22.6 Å². The molecule has 0 saturated carbocycles. The summed E-state index contributed by atoms with van der Waals surface area (Å²) in [5.74, 6) is 0.599. The van der Waals surface area contributed by atoms with E-state index < -0.39 is 11.2 Å². The summed E-state index contributed by atoms with van der Waals surface area (Å²) in [5, 5.41) is 4.17. The molecule has 9 heteroatoms. The van der Waals surface area contributed by atoms with Gasteiger partial charge in [0.1, 0.15) is 5.82 Å². The van der Waals surface area contributed by atoms with Gasteiger partial charge in [0.05, 0.1) is 18.4 Å². The van der Waals surface area contributed by atoms with Crippen molar-refractivity contribution in [3.63, 3.8) is 0 Å². The van der Waals surface area contributed by atoms with Crippen LogP contribution < -0.4 is 11.2 Å². The van der Waals surface area contributed by atoms with Crippen molar-refractivity contribution in [3.05, 3.63) is 33.2 Å². The predicted octanol–water partition coefficient (Wildman–Crippen LogP) is 0.733. The van der Waals surface area contributed by atoms with Gasteiger partial charge >= 0.3 is 5.69 Å². The number of aromatic nitrogens is 6. The number of aryl methyl sites for hydroxylation is 2. The van der Waals surface area contributed by atoms with E-state index in [0.29, 0.717) is 36.7 Å². The highest BCUT2D eigenvalue weighted by Crippen LogP contribution is 2.22. The molecule has 134 valence electrons. The van der Waals surface area contributed by atoms with Crippen LogP contribution in [0.15, 0.2) is 22.0 Å². The third kappa shape index (κ3) is 3.14. The van der Waals surface area contributed by atoms with Crippen molar-refractivity contribution in [1.29, 1.82) is 0 Å². The van der Waals surface area contributed by atoms with Crippen LogP contribution in [0.5, 0.6) is 0 Å². The lowest BCUT2D eigenvalue weighted by Crippen LogP contribution is -2.31. The second-order valence-corrected chi connectivity index (χ2v) is 5.92. The number of fused-ring (bicyclic) bond motifs is 1. The van der Waals surface area contributed by atoms with Crippen LogP contribution in [0.4, 0.5) is 0 Å². The van der Waals surface area contributed by atoms with Gasteiger partial charge in [-0.05, 0) is 6.42 Å². The molecule has 0 fully saturated rings. The molecule has 0 saturated heterocycles. The molecule has 25 heavy (non-hydrogen) atoms. The largest absolute Gasteiger partial charge is 0.383 e. The molecule has 0 aromatic carbocycles. The van der Waals surface area contributed by atoms with Gasteiger partial charge in [-0.15, -0.1) is 0 Å². The zero-order chi connectivity index (χ0) is 18.0. The van der Waals surface area contributed by atoms with E-state index in [2.05, 4.69) is 15.1 Å². The fourth-order valence-electron chi connectivity index (χ4n) is 2.85.